The van der Waals surface area contributed by atoms with Crippen LogP contribution >= 0.6 is 0 Å². The maximum atomic E-state index is 15.1. The van der Waals surface area contributed by atoms with Gasteiger partial charge >= 0.3 is 24.0 Å². The quantitative estimate of drug-likeness (QED) is 0.306. The van der Waals surface area contributed by atoms with Gasteiger partial charge in [-0.05, 0) is 68.0 Å². The molecule has 1 N–H and O–H groups in total. The fraction of sp³-hybridized carbons (Fsp3) is 0.481. The lowest BCUT2D eigenvalue weighted by Crippen LogP contribution is -2.51. The highest BCUT2D eigenvalue weighted by atomic mass is 32.2. The first-order chi connectivity index (χ1) is 19.8. The van der Waals surface area contributed by atoms with E-state index in [-0.39, 0.29) is 44.4 Å². The number of hydrogen-bond donors (Lipinski definition) is 1. The van der Waals surface area contributed by atoms with E-state index in [0.717, 1.165) is 29.2 Å². The van der Waals surface area contributed by atoms with Crippen molar-refractivity contribution >= 4 is 21.7 Å². The number of carbonyl (C=O) groups excluding carboxylic acids is 1. The number of amides is 1. The number of alkyl halides is 7. The van der Waals surface area contributed by atoms with Gasteiger partial charge in [0.1, 0.15) is 16.4 Å². The summed E-state index contributed by atoms with van der Waals surface area (Å²) in [5.74, 6) is -6.10. The molecule has 1 aliphatic carbocycles. The van der Waals surface area contributed by atoms with Crippen molar-refractivity contribution in [1.29, 1.82) is 0 Å². The second-order valence-corrected chi connectivity index (χ2v) is 13.0. The van der Waals surface area contributed by atoms with Crippen LogP contribution in [-0.2, 0) is 29.8 Å². The van der Waals surface area contributed by atoms with Gasteiger partial charge in [0.2, 0.25) is 5.91 Å². The van der Waals surface area contributed by atoms with Crippen molar-refractivity contribution in [2.75, 3.05) is 13.1 Å². The predicted octanol–water partition coefficient (Wildman–Crippen LogP) is 6.05. The number of carboxylic acids is 1. The van der Waals surface area contributed by atoms with E-state index < -0.39 is 96.9 Å². The molecule has 1 amide bonds. The van der Waals surface area contributed by atoms with Crippen LogP contribution < -0.4 is 0 Å². The Morgan fingerprint density at radius 1 is 0.837 bits per heavy atom. The third kappa shape index (κ3) is 5.46. The average molecular weight is 646 g/mol. The second kappa shape index (κ2) is 11.0. The molecule has 0 bridgehead atoms. The van der Waals surface area contributed by atoms with Gasteiger partial charge in [0.05, 0.1) is 10.8 Å². The Bertz CT molecular complexity index is 1490. The van der Waals surface area contributed by atoms with Crippen LogP contribution in [0.25, 0.3) is 0 Å². The van der Waals surface area contributed by atoms with Crippen LogP contribution in [0.2, 0.25) is 0 Å². The van der Waals surface area contributed by atoms with Crippen LogP contribution in [0.3, 0.4) is 0 Å². The summed E-state index contributed by atoms with van der Waals surface area (Å²) < 4.78 is 149. The molecule has 16 heteroatoms. The summed E-state index contributed by atoms with van der Waals surface area (Å²) in [4.78, 5) is 25.2. The fourth-order valence-corrected chi connectivity index (χ4v) is 7.88. The van der Waals surface area contributed by atoms with Crippen LogP contribution in [0.15, 0.2) is 47.4 Å². The molecule has 0 aromatic heterocycles. The normalized spacial score (nSPS) is 23.8. The van der Waals surface area contributed by atoms with Gasteiger partial charge in [-0.1, -0.05) is 12.1 Å². The molecule has 2 aromatic rings. The molecular weight excluding hydrogens is 621 g/mol. The largest absolute Gasteiger partial charge is 0.481 e. The highest BCUT2D eigenvalue weighted by Gasteiger charge is 2.74. The molecule has 0 spiro atoms. The van der Waals surface area contributed by atoms with Crippen molar-refractivity contribution in [1.82, 2.24) is 4.90 Å². The third-order valence-electron chi connectivity index (χ3n) is 8.26. The summed E-state index contributed by atoms with van der Waals surface area (Å²) in [6, 6.07) is 3.68. The molecule has 1 saturated heterocycles. The summed E-state index contributed by atoms with van der Waals surface area (Å²) in [5, 5.41) is 9.20. The highest BCUT2D eigenvalue weighted by Crippen LogP contribution is 2.54. The molecule has 2 fully saturated rings. The predicted molar refractivity (Wildman–Crippen MR) is 131 cm³/mol. The standard InChI is InChI=1S/C27H24F9NO5S/c28-18-6-8-19(9-7-18)43(41,42)24(11-12-37(14-24)22(38)15-1-3-16(4-2-15)23(39)40)17-5-10-20(21(29)13-17)25(30,26(31,32)33)27(34,35)36/h5-10,13,15-16H,1-4,11-12,14H2,(H,39,40)/t15?,16?,24-/m0/s1. The molecule has 1 atom stereocenters. The van der Waals surface area contributed by atoms with Crippen molar-refractivity contribution in [2.24, 2.45) is 11.8 Å². The molecule has 236 valence electrons. The molecule has 1 saturated carbocycles. The Morgan fingerprint density at radius 2 is 1.37 bits per heavy atom. The Labute approximate surface area is 239 Å². The summed E-state index contributed by atoms with van der Waals surface area (Å²) in [6.07, 6.45) is -13.0. The van der Waals surface area contributed by atoms with E-state index in [1.165, 1.54) is 0 Å². The molecule has 1 heterocycles. The molecule has 6 nitrogen and oxygen atoms in total. The first-order valence-corrected chi connectivity index (χ1v) is 14.4. The van der Waals surface area contributed by atoms with Crippen molar-refractivity contribution < 1.29 is 62.6 Å². The lowest BCUT2D eigenvalue weighted by Gasteiger charge is -2.33. The number of aliphatic carboxylic acids is 1. The lowest BCUT2D eigenvalue weighted by molar-refractivity contribution is -0.349. The zero-order valence-electron chi connectivity index (χ0n) is 22.0. The Kier molecular flexibility index (Phi) is 8.35. The first kappa shape index (κ1) is 32.6. The van der Waals surface area contributed by atoms with E-state index in [2.05, 4.69) is 0 Å². The molecule has 2 aromatic carbocycles. The van der Waals surface area contributed by atoms with E-state index in [9.17, 15) is 58.2 Å². The molecule has 0 radical (unpaired) electrons. The number of sulfone groups is 1. The number of nitrogens with zero attached hydrogens (tertiary/aromatic N) is 1. The molecule has 2 aliphatic rings. The van der Waals surface area contributed by atoms with Gasteiger partial charge in [-0.25, -0.2) is 21.6 Å². The Hall–Kier alpha value is -3.30. The molecule has 4 rings (SSSR count). The molecular formula is C27H24F9NO5S. The van der Waals surface area contributed by atoms with Crippen molar-refractivity contribution in [3.8, 4) is 0 Å². The maximum Gasteiger partial charge on any atom is 0.436 e. The van der Waals surface area contributed by atoms with Crippen molar-refractivity contribution in [2.45, 2.75) is 59.8 Å². The average Bonchev–Trinajstić information content (AvgIpc) is 3.39. The van der Waals surface area contributed by atoms with Gasteiger partial charge in [-0.2, -0.15) is 26.3 Å². The minimum Gasteiger partial charge on any atom is -0.481 e. The summed E-state index contributed by atoms with van der Waals surface area (Å²) in [5.41, 5.74) is -9.18. The lowest BCUT2D eigenvalue weighted by atomic mass is 9.81. The number of rotatable bonds is 6. The number of likely N-dealkylation sites (tertiary alicyclic amines) is 1. The van der Waals surface area contributed by atoms with Crippen LogP contribution in [-0.4, -0.2) is 55.7 Å². The minimum absolute atomic E-state index is 0.0776. The summed E-state index contributed by atoms with van der Waals surface area (Å²) in [6.45, 7) is -0.984. The topological polar surface area (TPSA) is 91.8 Å². The second-order valence-electron chi connectivity index (χ2n) is 10.7. The van der Waals surface area contributed by atoms with Gasteiger partial charge in [-0.3, -0.25) is 9.59 Å². The number of benzene rings is 2. The monoisotopic (exact) mass is 645 g/mol. The van der Waals surface area contributed by atoms with Gasteiger partial charge < -0.3 is 10.0 Å². The van der Waals surface area contributed by atoms with Gasteiger partial charge in [0.25, 0.3) is 0 Å². The fourth-order valence-electron chi connectivity index (χ4n) is 5.81. The summed E-state index contributed by atoms with van der Waals surface area (Å²) in [7, 11) is -4.75. The molecule has 0 unspecified atom stereocenters. The van der Waals surface area contributed by atoms with Gasteiger partial charge in [0, 0.05) is 24.6 Å². The van der Waals surface area contributed by atoms with Crippen LogP contribution in [0.4, 0.5) is 39.5 Å². The number of hydrogen-bond acceptors (Lipinski definition) is 4. The van der Waals surface area contributed by atoms with Gasteiger partial charge in [0.15, 0.2) is 9.84 Å². The first-order valence-electron chi connectivity index (χ1n) is 12.9. The third-order valence-corrected chi connectivity index (χ3v) is 10.7. The van der Waals surface area contributed by atoms with E-state index in [4.69, 9.17) is 0 Å². The van der Waals surface area contributed by atoms with E-state index in [1.54, 1.807) is 0 Å². The summed E-state index contributed by atoms with van der Waals surface area (Å²) >= 11 is 0. The van der Waals surface area contributed by atoms with Crippen LogP contribution in [0, 0.1) is 23.5 Å². The van der Waals surface area contributed by atoms with E-state index in [1.807, 2.05) is 0 Å². The number of halogens is 9. The Balaban J connectivity index is 1.79. The molecule has 1 aliphatic heterocycles. The van der Waals surface area contributed by atoms with Crippen LogP contribution in [0.1, 0.15) is 43.2 Å². The zero-order valence-corrected chi connectivity index (χ0v) is 22.8. The number of carboxylic acid groups (broad SMARTS) is 1. The highest BCUT2D eigenvalue weighted by molar-refractivity contribution is 7.92. The molecule has 43 heavy (non-hydrogen) atoms. The van der Waals surface area contributed by atoms with Crippen molar-refractivity contribution in [3.63, 3.8) is 0 Å². The van der Waals surface area contributed by atoms with Crippen LogP contribution in [0.5, 0.6) is 0 Å². The van der Waals surface area contributed by atoms with Gasteiger partial charge in [-0.15, -0.1) is 0 Å². The smallest absolute Gasteiger partial charge is 0.436 e. The minimum atomic E-state index is -6.62. The van der Waals surface area contributed by atoms with Crippen molar-refractivity contribution in [3.05, 3.63) is 65.2 Å². The Morgan fingerprint density at radius 3 is 1.86 bits per heavy atom. The maximum absolute atomic E-state index is 15.1. The SMILES string of the molecule is O=C(O)C1CCC(C(=O)N2CC[C@](c3ccc(C(F)(C(F)(F)F)C(F)(F)F)c(F)c3)(S(=O)(=O)c3ccc(F)cc3)C2)CC1. The van der Waals surface area contributed by atoms with E-state index >= 15 is 4.39 Å². The zero-order chi connectivity index (χ0) is 32.2. The number of carbonyl (C=O) groups is 2. The van der Waals surface area contributed by atoms with E-state index in [0.29, 0.717) is 6.07 Å².